The monoisotopic (exact) mass is 686 g/mol. The molecule has 11 nitrogen and oxygen atoms in total. The summed E-state index contributed by atoms with van der Waals surface area (Å²) in [6.07, 6.45) is 3.14. The van der Waals surface area contributed by atoms with Gasteiger partial charge < -0.3 is 29.3 Å². The van der Waals surface area contributed by atoms with Crippen molar-refractivity contribution in [1.82, 2.24) is 24.3 Å². The van der Waals surface area contributed by atoms with E-state index in [9.17, 15) is 14.7 Å². The van der Waals surface area contributed by atoms with Gasteiger partial charge in [-0.3, -0.25) is 4.79 Å². The summed E-state index contributed by atoms with van der Waals surface area (Å²) < 4.78 is 29.7. The molecule has 1 amide bonds. The van der Waals surface area contributed by atoms with E-state index in [1.165, 1.54) is 16.7 Å². The first-order chi connectivity index (χ1) is 23.9. The van der Waals surface area contributed by atoms with Gasteiger partial charge in [0.05, 0.1) is 28.4 Å². The summed E-state index contributed by atoms with van der Waals surface area (Å²) >= 11 is 0. The number of rotatable bonds is 6. The van der Waals surface area contributed by atoms with Crippen LogP contribution in [0.15, 0.2) is 59.6 Å². The lowest BCUT2D eigenvalue weighted by molar-refractivity contribution is -0.128. The molecule has 3 aliphatic rings. The van der Waals surface area contributed by atoms with E-state index in [4.69, 9.17) is 19.4 Å². The number of carbonyl (C=O) groups is 1. The molecule has 3 aliphatic heterocycles. The van der Waals surface area contributed by atoms with Gasteiger partial charge in [0.1, 0.15) is 36.2 Å². The predicted molar refractivity (Wildman–Crippen MR) is 192 cm³/mol. The Hall–Kier alpha value is -4.55. The van der Waals surface area contributed by atoms with Gasteiger partial charge in [-0.15, -0.1) is 0 Å². The van der Waals surface area contributed by atoms with Crippen LogP contribution in [0.25, 0.3) is 28.0 Å². The number of aliphatic hydroxyl groups is 1. The summed E-state index contributed by atoms with van der Waals surface area (Å²) in [5.41, 5.74) is 2.01. The number of aryl methyl sites for hydroxylation is 1. The molecule has 2 aromatic heterocycles. The van der Waals surface area contributed by atoms with E-state index in [0.717, 1.165) is 0 Å². The molecule has 0 aliphatic carbocycles. The van der Waals surface area contributed by atoms with Crippen LogP contribution in [0.3, 0.4) is 0 Å². The van der Waals surface area contributed by atoms with Crippen LogP contribution < -0.4 is 15.3 Å². The molecular formula is C38H47FN6O5. The minimum atomic E-state index is -1.16. The first-order valence-corrected chi connectivity index (χ1v) is 17.4. The summed E-state index contributed by atoms with van der Waals surface area (Å²) in [5.74, 6) is 0.268. The number of fused-ring (bicyclic) bond motifs is 4. The molecule has 6 rings (SSSR count). The molecule has 0 saturated carbocycles. The second kappa shape index (κ2) is 14.0. The molecule has 50 heavy (non-hydrogen) atoms. The number of piperazine rings is 1. The third kappa shape index (κ3) is 6.19. The molecule has 1 aromatic carbocycles. The molecule has 5 heterocycles. The number of anilines is 1. The fourth-order valence-corrected chi connectivity index (χ4v) is 7.46. The minimum absolute atomic E-state index is 0.135. The van der Waals surface area contributed by atoms with Gasteiger partial charge >= 0.3 is 5.69 Å². The van der Waals surface area contributed by atoms with Gasteiger partial charge in [0.2, 0.25) is 5.91 Å². The van der Waals surface area contributed by atoms with E-state index in [-0.39, 0.29) is 48.6 Å². The Morgan fingerprint density at radius 1 is 1.20 bits per heavy atom. The molecule has 12 heteroatoms. The number of halogens is 1. The van der Waals surface area contributed by atoms with Crippen LogP contribution in [-0.2, 0) is 9.53 Å². The Balaban J connectivity index is 1.70. The van der Waals surface area contributed by atoms with Crippen molar-refractivity contribution in [1.29, 1.82) is 0 Å². The van der Waals surface area contributed by atoms with Crippen LogP contribution in [0.4, 0.5) is 10.2 Å². The molecule has 2 bridgehead atoms. The van der Waals surface area contributed by atoms with Gasteiger partial charge in [-0.25, -0.2) is 18.7 Å². The molecule has 0 spiro atoms. The summed E-state index contributed by atoms with van der Waals surface area (Å²) in [6.45, 7) is 19.2. The first kappa shape index (κ1) is 35.3. The Morgan fingerprint density at radius 2 is 1.96 bits per heavy atom. The molecular weight excluding hydrogens is 639 g/mol. The highest BCUT2D eigenvalue weighted by Gasteiger charge is 2.37. The number of benzene rings is 1. The maximum atomic E-state index is 15.9. The summed E-state index contributed by atoms with van der Waals surface area (Å²) in [6, 6.07) is 5.71. The molecule has 1 saturated heterocycles. The zero-order valence-corrected chi connectivity index (χ0v) is 29.9. The average Bonchev–Trinajstić information content (AvgIpc) is 3.07. The van der Waals surface area contributed by atoms with Crippen molar-refractivity contribution >= 4 is 28.5 Å². The van der Waals surface area contributed by atoms with Crippen molar-refractivity contribution in [3.8, 4) is 17.0 Å². The van der Waals surface area contributed by atoms with Gasteiger partial charge in [-0.1, -0.05) is 26.5 Å². The molecule has 5 atom stereocenters. The van der Waals surface area contributed by atoms with Crippen molar-refractivity contribution in [3.63, 3.8) is 0 Å². The Kier molecular flexibility index (Phi) is 9.87. The van der Waals surface area contributed by atoms with Crippen molar-refractivity contribution in [2.45, 2.75) is 78.8 Å². The largest absolute Gasteiger partial charge is 0.490 e. The van der Waals surface area contributed by atoms with E-state index in [0.29, 0.717) is 64.9 Å². The Morgan fingerprint density at radius 3 is 2.66 bits per heavy atom. The number of amides is 1. The maximum absolute atomic E-state index is 15.9. The van der Waals surface area contributed by atoms with E-state index in [1.54, 1.807) is 17.0 Å². The number of pyridine rings is 1. The standard InChI is InChI=1S/C38H47FN6O5/c1-9-31(47)43-18-24(7)44(19-23(43)6)36-27-16-22(5)33-32-28(39)12-11-13-30(32)50-20-29(46)35(49-10-2)26-14-15-42(17-21(3)4)25(8)34(26)45(37(27)40-33)38(48)41-36/h9,11-16,21,23-25,29,35,46H,1,10,17-20H2,2-8H3/t23-,24+,25-,29?,35?/m1/s1. The van der Waals surface area contributed by atoms with Crippen LogP contribution in [0.5, 0.6) is 5.75 Å². The SMILES string of the molecule is C=CC(=O)N1C[C@H](C)N(c2nc(=O)n3c4nc(c(C)cc24)-c2c(F)cccc2OCC(O)C(OCC)C2=C3[C@@H](C)N(CC(C)C)C=C2)C[C@H]1C. The lowest BCUT2D eigenvalue weighted by Crippen LogP contribution is -2.58. The maximum Gasteiger partial charge on any atom is 0.355 e. The number of aromatic nitrogens is 3. The first-order valence-electron chi connectivity index (χ1n) is 17.4. The molecule has 1 fully saturated rings. The minimum Gasteiger partial charge on any atom is -0.490 e. The fraction of sp³-hybridized carbons (Fsp3) is 0.474. The lowest BCUT2D eigenvalue weighted by Gasteiger charge is -2.44. The highest BCUT2D eigenvalue weighted by molar-refractivity contribution is 5.93. The van der Waals surface area contributed by atoms with Crippen LogP contribution >= 0.6 is 0 Å². The molecule has 3 aromatic rings. The van der Waals surface area contributed by atoms with Gasteiger partial charge in [0.15, 0.2) is 5.65 Å². The number of aliphatic hydroxyl groups excluding tert-OH is 1. The number of carbonyl (C=O) groups excluding carboxylic acids is 1. The normalized spacial score (nSPS) is 23.8. The van der Waals surface area contributed by atoms with Gasteiger partial charge in [0, 0.05) is 50.1 Å². The Labute approximate surface area is 292 Å². The second-order valence-electron chi connectivity index (χ2n) is 13.9. The van der Waals surface area contributed by atoms with E-state index in [1.807, 2.05) is 57.9 Å². The van der Waals surface area contributed by atoms with E-state index < -0.39 is 23.7 Å². The smallest absolute Gasteiger partial charge is 0.355 e. The molecule has 2 unspecified atom stereocenters. The van der Waals surface area contributed by atoms with Gasteiger partial charge in [0.25, 0.3) is 0 Å². The zero-order chi connectivity index (χ0) is 36.0. The number of nitrogens with zero attached hydrogens (tertiary/aromatic N) is 6. The number of ether oxygens (including phenoxy) is 2. The topological polar surface area (TPSA) is 113 Å². The van der Waals surface area contributed by atoms with Crippen LogP contribution in [0, 0.1) is 18.7 Å². The summed E-state index contributed by atoms with van der Waals surface area (Å²) in [4.78, 5) is 43.2. The van der Waals surface area contributed by atoms with E-state index >= 15 is 4.39 Å². The summed E-state index contributed by atoms with van der Waals surface area (Å²) in [5, 5.41) is 12.3. The van der Waals surface area contributed by atoms with E-state index in [2.05, 4.69) is 25.3 Å². The van der Waals surface area contributed by atoms with Crippen LogP contribution in [0.2, 0.25) is 0 Å². The molecule has 1 N–H and O–H groups in total. The average molecular weight is 687 g/mol. The zero-order valence-electron chi connectivity index (χ0n) is 29.9. The third-order valence-corrected chi connectivity index (χ3v) is 9.83. The van der Waals surface area contributed by atoms with Crippen molar-refractivity contribution in [3.05, 3.63) is 76.6 Å². The fourth-order valence-electron chi connectivity index (χ4n) is 7.46. The summed E-state index contributed by atoms with van der Waals surface area (Å²) in [7, 11) is 0. The highest BCUT2D eigenvalue weighted by atomic mass is 19.1. The third-order valence-electron chi connectivity index (χ3n) is 9.83. The van der Waals surface area contributed by atoms with Crippen LogP contribution in [-0.4, -0.2) is 98.5 Å². The number of hydrogen-bond acceptors (Lipinski definition) is 9. The lowest BCUT2D eigenvalue weighted by atomic mass is 9.94. The van der Waals surface area contributed by atoms with Crippen molar-refractivity contribution in [2.75, 3.05) is 37.7 Å². The molecule has 266 valence electrons. The Bertz CT molecular complexity index is 1940. The number of hydrogen-bond donors (Lipinski definition) is 1. The predicted octanol–water partition coefficient (Wildman–Crippen LogP) is 4.76. The molecule has 0 radical (unpaired) electrons. The van der Waals surface area contributed by atoms with Crippen LogP contribution in [0.1, 0.15) is 47.1 Å². The second-order valence-corrected chi connectivity index (χ2v) is 13.9. The van der Waals surface area contributed by atoms with Crippen molar-refractivity contribution in [2.24, 2.45) is 5.92 Å². The van der Waals surface area contributed by atoms with Gasteiger partial charge in [-0.2, -0.15) is 4.98 Å². The van der Waals surface area contributed by atoms with Gasteiger partial charge in [-0.05, 0) is 76.5 Å². The highest BCUT2D eigenvalue weighted by Crippen LogP contribution is 2.40. The quantitative estimate of drug-likeness (QED) is 0.367. The van der Waals surface area contributed by atoms with Crippen molar-refractivity contribution < 1.29 is 23.8 Å².